The first-order valence-corrected chi connectivity index (χ1v) is 7.99. The quantitative estimate of drug-likeness (QED) is 0.755. The lowest BCUT2D eigenvalue weighted by atomic mass is 10.2. The molecular formula is C13H13N3OS2. The zero-order valence-corrected chi connectivity index (χ0v) is 12.0. The van der Waals surface area contributed by atoms with Crippen molar-refractivity contribution < 1.29 is 4.21 Å². The van der Waals surface area contributed by atoms with Crippen LogP contribution in [0.4, 0.5) is 5.69 Å². The highest BCUT2D eigenvalue weighted by Crippen LogP contribution is 2.21. The number of benzene rings is 1. The second-order valence-corrected chi connectivity index (χ2v) is 6.65. The molecule has 0 amide bonds. The Labute approximate surface area is 117 Å². The Hall–Kier alpha value is -1.66. The molecule has 0 aliphatic heterocycles. The predicted molar refractivity (Wildman–Crippen MR) is 78.8 cm³/mol. The maximum atomic E-state index is 12.4. The number of imidazole rings is 1. The van der Waals surface area contributed by atoms with Gasteiger partial charge in [0.05, 0.1) is 27.1 Å². The molecule has 0 saturated carbocycles. The van der Waals surface area contributed by atoms with Crippen molar-refractivity contribution in [1.82, 2.24) is 9.38 Å². The number of nitrogen functional groups attached to an aromatic ring is 1. The van der Waals surface area contributed by atoms with Crippen LogP contribution in [0.15, 0.2) is 40.9 Å². The van der Waals surface area contributed by atoms with E-state index >= 15 is 0 Å². The number of nitrogens with zero attached hydrogens (tertiary/aromatic N) is 2. The van der Waals surface area contributed by atoms with Gasteiger partial charge in [-0.15, -0.1) is 11.3 Å². The third kappa shape index (κ3) is 2.41. The highest BCUT2D eigenvalue weighted by molar-refractivity contribution is 7.84. The Morgan fingerprint density at radius 3 is 3.11 bits per heavy atom. The number of hydrogen-bond donors (Lipinski definition) is 1. The lowest BCUT2D eigenvalue weighted by molar-refractivity contribution is 0.682. The van der Waals surface area contributed by atoms with E-state index in [-0.39, 0.29) is 0 Å². The predicted octanol–water partition coefficient (Wildman–Crippen LogP) is 2.59. The molecule has 2 heterocycles. The van der Waals surface area contributed by atoms with Gasteiger partial charge in [0.25, 0.3) is 0 Å². The van der Waals surface area contributed by atoms with Gasteiger partial charge in [-0.05, 0) is 24.6 Å². The fraction of sp³-hybridized carbons (Fsp3) is 0.154. The molecule has 2 aromatic heterocycles. The summed E-state index contributed by atoms with van der Waals surface area (Å²) in [5.41, 5.74) is 8.34. The van der Waals surface area contributed by atoms with Crippen LogP contribution in [0.25, 0.3) is 4.96 Å². The minimum Gasteiger partial charge on any atom is -0.398 e. The van der Waals surface area contributed by atoms with Gasteiger partial charge in [0, 0.05) is 23.5 Å². The number of fused-ring (bicyclic) bond motifs is 1. The van der Waals surface area contributed by atoms with Crippen LogP contribution in [0.2, 0.25) is 0 Å². The van der Waals surface area contributed by atoms with Crippen molar-refractivity contribution in [3.05, 3.63) is 47.2 Å². The van der Waals surface area contributed by atoms with Crippen LogP contribution in [0.5, 0.6) is 0 Å². The van der Waals surface area contributed by atoms with E-state index in [9.17, 15) is 4.21 Å². The van der Waals surface area contributed by atoms with Crippen molar-refractivity contribution in [1.29, 1.82) is 0 Å². The molecule has 0 spiro atoms. The largest absolute Gasteiger partial charge is 0.398 e. The summed E-state index contributed by atoms with van der Waals surface area (Å²) in [4.78, 5) is 6.05. The first-order valence-electron chi connectivity index (χ1n) is 5.79. The zero-order chi connectivity index (χ0) is 13.4. The molecule has 0 aliphatic rings. The number of rotatable bonds is 3. The molecule has 98 valence electrons. The maximum absolute atomic E-state index is 12.4. The molecule has 0 radical (unpaired) electrons. The standard InChI is InChI=1S/C13H13N3OS2/c1-9-2-3-11(14)12(6-9)19(17)8-10-7-16-4-5-18-13(16)15-10/h2-7H,8,14H2,1H3. The molecule has 0 fully saturated rings. The lowest BCUT2D eigenvalue weighted by Gasteiger charge is -2.05. The van der Waals surface area contributed by atoms with E-state index in [1.54, 1.807) is 17.4 Å². The summed E-state index contributed by atoms with van der Waals surface area (Å²) in [7, 11) is -1.16. The van der Waals surface area contributed by atoms with Gasteiger partial charge in [-0.3, -0.25) is 8.61 Å². The number of anilines is 1. The molecule has 19 heavy (non-hydrogen) atoms. The summed E-state index contributed by atoms with van der Waals surface area (Å²) >= 11 is 1.56. The van der Waals surface area contributed by atoms with Crippen molar-refractivity contribution in [2.45, 2.75) is 17.6 Å². The van der Waals surface area contributed by atoms with Gasteiger partial charge in [0.15, 0.2) is 4.96 Å². The molecule has 1 unspecified atom stereocenters. The average Bonchev–Trinajstić information content (AvgIpc) is 2.92. The van der Waals surface area contributed by atoms with Crippen molar-refractivity contribution in [3.8, 4) is 0 Å². The Morgan fingerprint density at radius 2 is 2.32 bits per heavy atom. The number of aryl methyl sites for hydroxylation is 1. The second-order valence-electron chi connectivity index (χ2n) is 4.36. The lowest BCUT2D eigenvalue weighted by Crippen LogP contribution is -2.01. The molecule has 3 aromatic rings. The fourth-order valence-electron chi connectivity index (χ4n) is 1.90. The van der Waals surface area contributed by atoms with Crippen LogP contribution in [0.3, 0.4) is 0 Å². The minimum absolute atomic E-state index is 0.391. The van der Waals surface area contributed by atoms with Crippen molar-refractivity contribution >= 4 is 32.8 Å². The van der Waals surface area contributed by atoms with E-state index in [1.165, 1.54) is 0 Å². The average molecular weight is 291 g/mol. The zero-order valence-electron chi connectivity index (χ0n) is 10.4. The molecule has 1 atom stereocenters. The van der Waals surface area contributed by atoms with E-state index in [2.05, 4.69) is 4.98 Å². The summed E-state index contributed by atoms with van der Waals surface area (Å²) in [6.07, 6.45) is 3.86. The van der Waals surface area contributed by atoms with E-state index < -0.39 is 10.8 Å². The fourth-order valence-corrected chi connectivity index (χ4v) is 3.83. The monoisotopic (exact) mass is 291 g/mol. The number of nitrogens with two attached hydrogens (primary N) is 1. The van der Waals surface area contributed by atoms with Gasteiger partial charge in [-0.2, -0.15) is 0 Å². The molecule has 0 saturated heterocycles. The first kappa shape index (κ1) is 12.4. The summed E-state index contributed by atoms with van der Waals surface area (Å²) < 4.78 is 14.3. The molecule has 0 aliphatic carbocycles. The minimum atomic E-state index is -1.16. The van der Waals surface area contributed by atoms with Crippen molar-refractivity contribution in [3.63, 3.8) is 0 Å². The van der Waals surface area contributed by atoms with Crippen LogP contribution in [-0.2, 0) is 16.6 Å². The molecule has 0 bridgehead atoms. The molecular weight excluding hydrogens is 278 g/mol. The van der Waals surface area contributed by atoms with Gasteiger partial charge in [-0.25, -0.2) is 4.98 Å². The van der Waals surface area contributed by atoms with Crippen LogP contribution in [0, 0.1) is 6.92 Å². The summed E-state index contributed by atoms with van der Waals surface area (Å²) in [6, 6.07) is 5.60. The van der Waals surface area contributed by atoms with E-state index in [1.807, 2.05) is 41.2 Å². The van der Waals surface area contributed by atoms with Crippen LogP contribution in [-0.4, -0.2) is 13.6 Å². The van der Waals surface area contributed by atoms with Gasteiger partial charge in [0.1, 0.15) is 0 Å². The Kier molecular flexibility index (Phi) is 3.12. The summed E-state index contributed by atoms with van der Waals surface area (Å²) in [5, 5.41) is 1.97. The summed E-state index contributed by atoms with van der Waals surface area (Å²) in [6.45, 7) is 1.97. The normalized spacial score (nSPS) is 12.9. The third-order valence-corrected chi connectivity index (χ3v) is 5.01. The van der Waals surface area contributed by atoms with Crippen LogP contribution >= 0.6 is 11.3 Å². The topological polar surface area (TPSA) is 60.4 Å². The number of aromatic nitrogens is 2. The number of thiazole rings is 1. The number of hydrogen-bond acceptors (Lipinski definition) is 4. The highest BCUT2D eigenvalue weighted by atomic mass is 32.2. The van der Waals surface area contributed by atoms with E-state index in [4.69, 9.17) is 5.73 Å². The van der Waals surface area contributed by atoms with Crippen LogP contribution < -0.4 is 5.73 Å². The van der Waals surface area contributed by atoms with Crippen molar-refractivity contribution in [2.24, 2.45) is 0 Å². The van der Waals surface area contributed by atoms with E-state index in [0.717, 1.165) is 16.2 Å². The molecule has 6 heteroatoms. The van der Waals surface area contributed by atoms with Gasteiger partial charge in [0.2, 0.25) is 0 Å². The first-order chi connectivity index (χ1) is 9.13. The Bertz CT molecular complexity index is 732. The molecule has 3 rings (SSSR count). The smallest absolute Gasteiger partial charge is 0.193 e. The van der Waals surface area contributed by atoms with Crippen molar-refractivity contribution in [2.75, 3.05) is 5.73 Å². The molecule has 2 N–H and O–H groups in total. The third-order valence-electron chi connectivity index (χ3n) is 2.84. The molecule has 4 nitrogen and oxygen atoms in total. The Balaban J connectivity index is 1.88. The highest BCUT2D eigenvalue weighted by Gasteiger charge is 2.12. The maximum Gasteiger partial charge on any atom is 0.193 e. The second kappa shape index (κ2) is 4.79. The molecule has 1 aromatic carbocycles. The van der Waals surface area contributed by atoms with Gasteiger partial charge < -0.3 is 5.73 Å². The van der Waals surface area contributed by atoms with Crippen LogP contribution in [0.1, 0.15) is 11.3 Å². The van der Waals surface area contributed by atoms with E-state index in [0.29, 0.717) is 16.3 Å². The summed E-state index contributed by atoms with van der Waals surface area (Å²) in [5.74, 6) is 0.391. The van der Waals surface area contributed by atoms with Gasteiger partial charge >= 0.3 is 0 Å². The Morgan fingerprint density at radius 1 is 1.47 bits per heavy atom. The SMILES string of the molecule is Cc1ccc(N)c(S(=O)Cc2cn3ccsc3n2)c1. The van der Waals surface area contributed by atoms with Gasteiger partial charge in [-0.1, -0.05) is 6.07 Å².